The lowest BCUT2D eigenvalue weighted by Gasteiger charge is -2.45. The second kappa shape index (κ2) is 12.4. The van der Waals surface area contributed by atoms with E-state index in [-0.39, 0.29) is 18.2 Å². The number of hydrogen-bond acceptors (Lipinski definition) is 6. The van der Waals surface area contributed by atoms with Crippen LogP contribution in [0.3, 0.4) is 0 Å². The number of hydrogen-bond donors (Lipinski definition) is 0. The molecule has 1 aliphatic carbocycles. The smallest absolute Gasteiger partial charge is 0.411 e. The minimum Gasteiger partial charge on any atom is -0.488 e. The summed E-state index contributed by atoms with van der Waals surface area (Å²) in [6.45, 7) is 5.63. The molecule has 7 nitrogen and oxygen atoms in total. The van der Waals surface area contributed by atoms with Crippen molar-refractivity contribution in [2.75, 3.05) is 27.7 Å². The second-order valence-electron chi connectivity index (χ2n) is 12.3. The number of halogens is 1. The molecule has 0 aromatic heterocycles. The summed E-state index contributed by atoms with van der Waals surface area (Å²) in [7, 11) is 5.69. The average Bonchev–Trinajstić information content (AvgIpc) is 3.34. The highest BCUT2D eigenvalue weighted by molar-refractivity contribution is 6.31. The van der Waals surface area contributed by atoms with Crippen LogP contribution in [0.25, 0.3) is 0 Å². The SMILES string of the molecule is COC(=O)[C@@H]1C[C@H](Oc2ccc(Cl)c(CC3CCC(c4ccccc4)(N(C)C)CC3)c2)CN1C(=O)OC(C)(C)C. The van der Waals surface area contributed by atoms with Crippen LogP contribution < -0.4 is 4.74 Å². The molecular formula is C32H43ClN2O5. The number of carbonyl (C=O) groups is 2. The number of rotatable bonds is 7. The van der Waals surface area contributed by atoms with Crippen LogP contribution >= 0.6 is 11.6 Å². The van der Waals surface area contributed by atoms with E-state index in [9.17, 15) is 9.59 Å². The Kier molecular flexibility index (Phi) is 9.36. The van der Waals surface area contributed by atoms with Gasteiger partial charge in [0.1, 0.15) is 23.5 Å². The molecule has 0 radical (unpaired) electrons. The second-order valence-corrected chi connectivity index (χ2v) is 12.7. The Bertz CT molecular complexity index is 1170. The van der Waals surface area contributed by atoms with E-state index >= 15 is 0 Å². The summed E-state index contributed by atoms with van der Waals surface area (Å²) in [6, 6.07) is 15.8. The number of amides is 1. The van der Waals surface area contributed by atoms with Gasteiger partial charge in [0.25, 0.3) is 0 Å². The van der Waals surface area contributed by atoms with Gasteiger partial charge >= 0.3 is 12.1 Å². The number of methoxy groups -OCH3 is 1. The highest BCUT2D eigenvalue weighted by Crippen LogP contribution is 2.44. The Balaban J connectivity index is 1.42. The summed E-state index contributed by atoms with van der Waals surface area (Å²) in [5.41, 5.74) is 1.83. The van der Waals surface area contributed by atoms with Crippen LogP contribution in [0.5, 0.6) is 5.75 Å². The molecule has 1 amide bonds. The van der Waals surface area contributed by atoms with Crippen LogP contribution in [-0.4, -0.2) is 67.4 Å². The van der Waals surface area contributed by atoms with E-state index in [1.807, 2.05) is 18.2 Å². The van der Waals surface area contributed by atoms with Crippen molar-refractivity contribution < 1.29 is 23.8 Å². The first-order chi connectivity index (χ1) is 18.9. The van der Waals surface area contributed by atoms with Crippen molar-refractivity contribution in [1.29, 1.82) is 0 Å². The van der Waals surface area contributed by atoms with E-state index in [1.165, 1.54) is 17.6 Å². The van der Waals surface area contributed by atoms with Gasteiger partial charge in [-0.25, -0.2) is 9.59 Å². The summed E-state index contributed by atoms with van der Waals surface area (Å²) < 4.78 is 16.8. The first-order valence-electron chi connectivity index (χ1n) is 14.2. The first-order valence-corrected chi connectivity index (χ1v) is 14.5. The minimum atomic E-state index is -0.750. The maximum absolute atomic E-state index is 12.8. The zero-order valence-corrected chi connectivity index (χ0v) is 25.4. The number of likely N-dealkylation sites (tertiary alicyclic amines) is 1. The van der Waals surface area contributed by atoms with Crippen LogP contribution in [0.15, 0.2) is 48.5 Å². The number of nitrogens with zero attached hydrogens (tertiary/aromatic N) is 2. The summed E-state index contributed by atoms with van der Waals surface area (Å²) >= 11 is 6.65. The van der Waals surface area contributed by atoms with Gasteiger partial charge < -0.3 is 14.2 Å². The van der Waals surface area contributed by atoms with E-state index in [1.54, 1.807) is 20.8 Å². The zero-order chi connectivity index (χ0) is 29.1. The van der Waals surface area contributed by atoms with Crippen molar-refractivity contribution >= 4 is 23.7 Å². The van der Waals surface area contributed by atoms with Gasteiger partial charge in [0, 0.05) is 17.0 Å². The van der Waals surface area contributed by atoms with Gasteiger partial charge in [-0.15, -0.1) is 0 Å². The Morgan fingerprint density at radius 1 is 1.07 bits per heavy atom. The molecule has 218 valence electrons. The molecule has 1 aliphatic heterocycles. The van der Waals surface area contributed by atoms with Gasteiger partial charge in [0.15, 0.2) is 0 Å². The van der Waals surface area contributed by atoms with Crippen LogP contribution in [0, 0.1) is 5.92 Å². The third-order valence-electron chi connectivity index (χ3n) is 8.29. The third kappa shape index (κ3) is 6.92. The molecule has 4 rings (SSSR count). The van der Waals surface area contributed by atoms with Crippen LogP contribution in [0.1, 0.15) is 64.0 Å². The molecule has 2 aromatic carbocycles. The van der Waals surface area contributed by atoms with E-state index in [2.05, 4.69) is 49.3 Å². The molecule has 0 N–H and O–H groups in total. The van der Waals surface area contributed by atoms with Crippen LogP contribution in [-0.2, 0) is 26.2 Å². The Morgan fingerprint density at radius 2 is 1.75 bits per heavy atom. The topological polar surface area (TPSA) is 68.3 Å². The zero-order valence-electron chi connectivity index (χ0n) is 24.6. The molecule has 2 aliphatic rings. The van der Waals surface area contributed by atoms with Crippen molar-refractivity contribution in [2.24, 2.45) is 5.92 Å². The van der Waals surface area contributed by atoms with Crippen molar-refractivity contribution in [3.05, 3.63) is 64.7 Å². The molecule has 40 heavy (non-hydrogen) atoms. The van der Waals surface area contributed by atoms with E-state index in [4.69, 9.17) is 25.8 Å². The summed E-state index contributed by atoms with van der Waals surface area (Å²) in [6.07, 6.45) is 4.72. The average molecular weight is 571 g/mol. The lowest BCUT2D eigenvalue weighted by atomic mass is 9.70. The van der Waals surface area contributed by atoms with Gasteiger partial charge in [0.2, 0.25) is 0 Å². The van der Waals surface area contributed by atoms with Crippen LogP contribution in [0.4, 0.5) is 4.79 Å². The number of carbonyl (C=O) groups excluding carboxylic acids is 2. The summed E-state index contributed by atoms with van der Waals surface area (Å²) in [4.78, 5) is 29.0. The van der Waals surface area contributed by atoms with Gasteiger partial charge in [-0.1, -0.05) is 41.9 Å². The first kappa shape index (κ1) is 30.2. The van der Waals surface area contributed by atoms with Crippen molar-refractivity contribution in [2.45, 2.75) is 82.6 Å². The Labute approximate surface area is 243 Å². The number of ether oxygens (including phenoxy) is 3. The third-order valence-corrected chi connectivity index (χ3v) is 8.66. The number of benzene rings is 2. The van der Waals surface area contributed by atoms with Gasteiger partial charge in [0.05, 0.1) is 13.7 Å². The Hall–Kier alpha value is -2.77. The van der Waals surface area contributed by atoms with E-state index in [0.29, 0.717) is 18.1 Å². The van der Waals surface area contributed by atoms with Gasteiger partial charge in [-0.2, -0.15) is 0 Å². The predicted molar refractivity (Wildman–Crippen MR) is 157 cm³/mol. The molecule has 8 heteroatoms. The van der Waals surface area contributed by atoms with Crippen molar-refractivity contribution in [3.63, 3.8) is 0 Å². The maximum atomic E-state index is 12.8. The largest absolute Gasteiger partial charge is 0.488 e. The molecule has 0 spiro atoms. The highest BCUT2D eigenvalue weighted by atomic mass is 35.5. The fourth-order valence-electron chi connectivity index (χ4n) is 6.15. The van der Waals surface area contributed by atoms with E-state index < -0.39 is 23.7 Å². The lowest BCUT2D eigenvalue weighted by Crippen LogP contribution is -2.44. The fraction of sp³-hybridized carbons (Fsp3) is 0.562. The molecule has 0 bridgehead atoms. The minimum absolute atomic E-state index is 0.0607. The van der Waals surface area contributed by atoms with Gasteiger partial charge in [-0.3, -0.25) is 9.80 Å². The molecule has 2 aromatic rings. The molecule has 1 heterocycles. The molecule has 1 saturated heterocycles. The van der Waals surface area contributed by atoms with Crippen molar-refractivity contribution in [1.82, 2.24) is 9.80 Å². The van der Waals surface area contributed by atoms with Crippen LogP contribution in [0.2, 0.25) is 5.02 Å². The lowest BCUT2D eigenvalue weighted by molar-refractivity contribution is -0.145. The molecule has 1 saturated carbocycles. The molecular weight excluding hydrogens is 528 g/mol. The molecule has 2 fully saturated rings. The highest BCUT2D eigenvalue weighted by Gasteiger charge is 2.43. The maximum Gasteiger partial charge on any atom is 0.411 e. The van der Waals surface area contributed by atoms with Gasteiger partial charge in [-0.05, 0) is 102 Å². The standard InChI is InChI=1S/C32H43ClN2O5/c1-31(2,3)40-30(37)35-21-26(20-28(35)29(36)38-6)39-25-12-13-27(33)23(19-25)18-22-14-16-32(17-15-22,34(4)5)24-10-8-7-9-11-24/h7-13,19,22,26,28H,14-18,20-21H2,1-6H3/t22?,26-,28-,32?/m0/s1. The van der Waals surface area contributed by atoms with E-state index in [0.717, 1.165) is 42.7 Å². The monoisotopic (exact) mass is 570 g/mol. The quantitative estimate of drug-likeness (QED) is 0.356. The molecule has 0 unspecified atom stereocenters. The summed E-state index contributed by atoms with van der Waals surface area (Å²) in [5.74, 6) is 0.736. The number of esters is 1. The molecule has 2 atom stereocenters. The fourth-order valence-corrected chi connectivity index (χ4v) is 6.35. The summed E-state index contributed by atoms with van der Waals surface area (Å²) in [5, 5.41) is 0.731. The normalized spacial score (nSPS) is 25.1. The predicted octanol–water partition coefficient (Wildman–Crippen LogP) is 6.46. The van der Waals surface area contributed by atoms with Crippen molar-refractivity contribution in [3.8, 4) is 5.75 Å². The Morgan fingerprint density at radius 3 is 2.35 bits per heavy atom.